The van der Waals surface area contributed by atoms with Crippen LogP contribution in [0, 0.1) is 5.82 Å². The molecule has 0 bridgehead atoms. The molecule has 0 aliphatic carbocycles. The Morgan fingerprint density at radius 1 is 1.10 bits per heavy atom. The van der Waals surface area contributed by atoms with Gasteiger partial charge in [0.05, 0.1) is 40.6 Å². The van der Waals surface area contributed by atoms with Crippen molar-refractivity contribution in [1.29, 1.82) is 0 Å². The topological polar surface area (TPSA) is 79.1 Å². The SMILES string of the molecule is CCOc1cc(/C=c2\sc3n(c2=O)[C@@H](c2ccccc2)C(C(=O)OC)=C(CC)N=3)cc(Cl)c1OCc1ccc(F)cc1. The maximum absolute atomic E-state index is 13.9. The van der Waals surface area contributed by atoms with Gasteiger partial charge in [0.15, 0.2) is 16.3 Å². The van der Waals surface area contributed by atoms with Crippen LogP contribution in [0.3, 0.4) is 0 Å². The number of nitrogens with zero attached hydrogens (tertiary/aromatic N) is 2. The van der Waals surface area contributed by atoms with Gasteiger partial charge in [-0.25, -0.2) is 14.2 Å². The van der Waals surface area contributed by atoms with E-state index in [1.165, 1.54) is 30.6 Å². The van der Waals surface area contributed by atoms with E-state index in [9.17, 15) is 14.0 Å². The molecule has 0 spiro atoms. The van der Waals surface area contributed by atoms with Gasteiger partial charge in [-0.3, -0.25) is 9.36 Å². The highest BCUT2D eigenvalue weighted by molar-refractivity contribution is 7.07. The smallest absolute Gasteiger partial charge is 0.338 e. The third-order valence-corrected chi connectivity index (χ3v) is 7.96. The summed E-state index contributed by atoms with van der Waals surface area (Å²) in [5.74, 6) is -0.0950. The molecule has 0 amide bonds. The predicted molar refractivity (Wildman–Crippen MR) is 160 cm³/mol. The maximum atomic E-state index is 13.9. The summed E-state index contributed by atoms with van der Waals surface area (Å²) in [4.78, 5) is 32.0. The van der Waals surface area contributed by atoms with Crippen LogP contribution in [0.2, 0.25) is 5.02 Å². The molecule has 0 fully saturated rings. The summed E-state index contributed by atoms with van der Waals surface area (Å²) in [5, 5.41) is 0.297. The van der Waals surface area contributed by atoms with Crippen LogP contribution in [-0.2, 0) is 16.1 Å². The number of aromatic nitrogens is 1. The molecule has 0 N–H and O–H groups in total. The average molecular weight is 607 g/mol. The maximum Gasteiger partial charge on any atom is 0.338 e. The quantitative estimate of drug-likeness (QED) is 0.233. The van der Waals surface area contributed by atoms with E-state index in [2.05, 4.69) is 0 Å². The zero-order valence-electron chi connectivity index (χ0n) is 23.2. The van der Waals surface area contributed by atoms with Crippen molar-refractivity contribution in [2.24, 2.45) is 4.99 Å². The van der Waals surface area contributed by atoms with Crippen molar-refractivity contribution in [3.63, 3.8) is 0 Å². The van der Waals surface area contributed by atoms with Gasteiger partial charge in [0.25, 0.3) is 5.56 Å². The first-order valence-corrected chi connectivity index (χ1v) is 14.6. The van der Waals surface area contributed by atoms with Gasteiger partial charge in [-0.1, -0.05) is 72.3 Å². The second kappa shape index (κ2) is 12.8. The Kier molecular flexibility index (Phi) is 8.89. The van der Waals surface area contributed by atoms with Crippen LogP contribution in [0.4, 0.5) is 4.39 Å². The number of methoxy groups -OCH3 is 1. The van der Waals surface area contributed by atoms with Crippen LogP contribution < -0.4 is 24.4 Å². The third-order valence-electron chi connectivity index (χ3n) is 6.69. The van der Waals surface area contributed by atoms with Crippen LogP contribution >= 0.6 is 22.9 Å². The van der Waals surface area contributed by atoms with Crippen LogP contribution in [-0.4, -0.2) is 24.3 Å². The van der Waals surface area contributed by atoms with E-state index >= 15 is 0 Å². The highest BCUT2D eigenvalue weighted by atomic mass is 35.5. The lowest BCUT2D eigenvalue weighted by Gasteiger charge is -2.25. The van der Waals surface area contributed by atoms with Gasteiger partial charge >= 0.3 is 5.97 Å². The molecule has 2 heterocycles. The van der Waals surface area contributed by atoms with Gasteiger partial charge in [0, 0.05) is 0 Å². The summed E-state index contributed by atoms with van der Waals surface area (Å²) < 4.78 is 32.1. The summed E-state index contributed by atoms with van der Waals surface area (Å²) in [6.45, 7) is 4.28. The van der Waals surface area contributed by atoms with Crippen LogP contribution in [0.5, 0.6) is 11.5 Å². The van der Waals surface area contributed by atoms with Gasteiger partial charge in [-0.05, 0) is 60.4 Å². The molecule has 5 rings (SSSR count). The molecule has 1 aromatic heterocycles. The number of hydrogen-bond donors (Lipinski definition) is 0. The lowest BCUT2D eigenvalue weighted by molar-refractivity contribution is -0.136. The van der Waals surface area contributed by atoms with E-state index < -0.39 is 12.0 Å². The highest BCUT2D eigenvalue weighted by Crippen LogP contribution is 2.37. The zero-order valence-corrected chi connectivity index (χ0v) is 24.8. The van der Waals surface area contributed by atoms with Crippen molar-refractivity contribution in [2.75, 3.05) is 13.7 Å². The number of halogens is 2. The Hall–Kier alpha value is -4.21. The van der Waals surface area contributed by atoms with Crippen LogP contribution in [0.25, 0.3) is 6.08 Å². The fourth-order valence-corrected chi connectivity index (χ4v) is 6.07. The number of ether oxygens (including phenoxy) is 3. The van der Waals surface area contributed by atoms with Crippen molar-refractivity contribution < 1.29 is 23.4 Å². The number of esters is 1. The lowest BCUT2D eigenvalue weighted by Crippen LogP contribution is -2.40. The number of carbonyl (C=O) groups is 1. The van der Waals surface area contributed by atoms with Crippen molar-refractivity contribution in [2.45, 2.75) is 32.9 Å². The number of fused-ring (bicyclic) bond motifs is 1. The molecule has 0 radical (unpaired) electrons. The Labute approximate surface area is 250 Å². The number of rotatable bonds is 9. The molecule has 10 heteroatoms. The van der Waals surface area contributed by atoms with E-state index in [0.717, 1.165) is 11.1 Å². The number of hydrogen-bond acceptors (Lipinski definition) is 7. The molecular weight excluding hydrogens is 579 g/mol. The first-order valence-electron chi connectivity index (χ1n) is 13.4. The molecule has 42 heavy (non-hydrogen) atoms. The molecule has 0 unspecified atom stereocenters. The van der Waals surface area contributed by atoms with Crippen LogP contribution in [0.1, 0.15) is 43.0 Å². The second-order valence-corrected chi connectivity index (χ2v) is 10.8. The largest absolute Gasteiger partial charge is 0.490 e. The minimum atomic E-state index is -0.684. The summed E-state index contributed by atoms with van der Waals surface area (Å²) >= 11 is 7.87. The molecule has 3 aromatic carbocycles. The summed E-state index contributed by atoms with van der Waals surface area (Å²) in [6.07, 6.45) is 2.21. The zero-order chi connectivity index (χ0) is 29.8. The molecule has 1 aliphatic heterocycles. The van der Waals surface area contributed by atoms with E-state index in [1.54, 1.807) is 34.9 Å². The first kappa shape index (κ1) is 29.3. The molecule has 1 atom stereocenters. The van der Waals surface area contributed by atoms with E-state index in [4.69, 9.17) is 30.8 Å². The normalized spacial score (nSPS) is 14.8. The van der Waals surface area contributed by atoms with Crippen molar-refractivity contribution >= 4 is 35.0 Å². The van der Waals surface area contributed by atoms with Gasteiger partial charge in [0.1, 0.15) is 12.4 Å². The fourth-order valence-electron chi connectivity index (χ4n) is 4.78. The van der Waals surface area contributed by atoms with Gasteiger partial charge < -0.3 is 14.2 Å². The Balaban J connectivity index is 1.59. The van der Waals surface area contributed by atoms with E-state index in [1.807, 2.05) is 44.2 Å². The first-order chi connectivity index (χ1) is 20.3. The molecule has 1 aliphatic rings. The molecule has 0 saturated heterocycles. The number of thiazole rings is 1. The average Bonchev–Trinajstić information content (AvgIpc) is 3.30. The fraction of sp³-hybridized carbons (Fsp3) is 0.219. The summed E-state index contributed by atoms with van der Waals surface area (Å²) in [6, 6.07) is 18.1. The standard InChI is InChI=1S/C32H28ClFN2O5S/c1-4-24-27(31(38)39-3)28(21-9-7-6-8-10-21)36-30(37)26(42-32(36)35-24)17-20-15-23(33)29(25(16-20)40-5-2)41-18-19-11-13-22(34)14-12-19/h6-17,28H,4-5,18H2,1-3H3/b26-17-/t28-/m0/s1. The molecule has 216 valence electrons. The lowest BCUT2D eigenvalue weighted by atomic mass is 9.95. The Morgan fingerprint density at radius 2 is 1.83 bits per heavy atom. The minimum Gasteiger partial charge on any atom is -0.490 e. The summed E-state index contributed by atoms with van der Waals surface area (Å²) in [7, 11) is 1.32. The van der Waals surface area contributed by atoms with Crippen LogP contribution in [0.15, 0.2) is 87.8 Å². The minimum absolute atomic E-state index is 0.166. The van der Waals surface area contributed by atoms with Crippen molar-refractivity contribution in [3.8, 4) is 11.5 Å². The van der Waals surface area contributed by atoms with Gasteiger partial charge in [-0.15, -0.1) is 0 Å². The number of benzene rings is 3. The molecule has 0 saturated carbocycles. The van der Waals surface area contributed by atoms with Gasteiger partial charge in [-0.2, -0.15) is 0 Å². The van der Waals surface area contributed by atoms with E-state index in [0.29, 0.717) is 55.7 Å². The number of allylic oxidation sites excluding steroid dienone is 1. The molecule has 7 nitrogen and oxygen atoms in total. The number of carbonyl (C=O) groups excluding carboxylic acids is 1. The second-order valence-electron chi connectivity index (χ2n) is 9.38. The molecular formula is C32H28ClFN2O5S. The Morgan fingerprint density at radius 3 is 2.50 bits per heavy atom. The van der Waals surface area contributed by atoms with Crippen molar-refractivity contribution in [1.82, 2.24) is 4.57 Å². The van der Waals surface area contributed by atoms with E-state index in [-0.39, 0.29) is 18.0 Å². The molecule has 4 aromatic rings. The summed E-state index contributed by atoms with van der Waals surface area (Å²) in [5.41, 5.74) is 2.79. The third kappa shape index (κ3) is 5.89. The highest BCUT2D eigenvalue weighted by Gasteiger charge is 2.33. The van der Waals surface area contributed by atoms with Crippen molar-refractivity contribution in [3.05, 3.63) is 125 Å². The Bertz CT molecular complexity index is 1830. The monoisotopic (exact) mass is 606 g/mol. The van der Waals surface area contributed by atoms with Gasteiger partial charge in [0.2, 0.25) is 0 Å². The predicted octanol–water partition coefficient (Wildman–Crippen LogP) is 5.57.